The average molecular weight is 357 g/mol. The van der Waals surface area contributed by atoms with E-state index < -0.39 is 0 Å². The lowest BCUT2D eigenvalue weighted by Gasteiger charge is -2.06. The summed E-state index contributed by atoms with van der Waals surface area (Å²) < 4.78 is 14.4. The molecule has 0 atom stereocenters. The SMILES string of the molecule is Fc1cc(Br)ccc1COn1nnc2ccc(Cl)cc21. The van der Waals surface area contributed by atoms with E-state index in [9.17, 15) is 4.39 Å². The topological polar surface area (TPSA) is 39.9 Å². The maximum atomic E-state index is 13.7. The van der Waals surface area contributed by atoms with Crippen LogP contribution in [0, 0.1) is 5.82 Å². The summed E-state index contributed by atoms with van der Waals surface area (Å²) in [5, 5.41) is 8.34. The van der Waals surface area contributed by atoms with Crippen molar-refractivity contribution in [1.29, 1.82) is 0 Å². The van der Waals surface area contributed by atoms with Gasteiger partial charge in [-0.05, 0) is 35.5 Å². The molecular formula is C13H8BrClFN3O. The normalized spacial score (nSPS) is 10.9. The van der Waals surface area contributed by atoms with E-state index in [2.05, 4.69) is 26.2 Å². The van der Waals surface area contributed by atoms with Gasteiger partial charge in [-0.15, -0.1) is 5.10 Å². The van der Waals surface area contributed by atoms with Crippen LogP contribution in [-0.2, 0) is 6.61 Å². The molecule has 102 valence electrons. The highest BCUT2D eigenvalue weighted by Crippen LogP contribution is 2.18. The van der Waals surface area contributed by atoms with Gasteiger partial charge >= 0.3 is 0 Å². The summed E-state index contributed by atoms with van der Waals surface area (Å²) in [7, 11) is 0. The quantitative estimate of drug-likeness (QED) is 0.720. The number of benzene rings is 2. The molecule has 0 aliphatic rings. The van der Waals surface area contributed by atoms with Crippen LogP contribution in [0.5, 0.6) is 0 Å². The van der Waals surface area contributed by atoms with Crippen molar-refractivity contribution in [1.82, 2.24) is 15.2 Å². The molecule has 0 saturated carbocycles. The first-order valence-electron chi connectivity index (χ1n) is 5.72. The lowest BCUT2D eigenvalue weighted by atomic mass is 10.2. The van der Waals surface area contributed by atoms with Gasteiger partial charge in [0.1, 0.15) is 23.5 Å². The lowest BCUT2D eigenvalue weighted by molar-refractivity contribution is 0.0734. The minimum atomic E-state index is -0.346. The zero-order valence-corrected chi connectivity index (χ0v) is 12.4. The van der Waals surface area contributed by atoms with Gasteiger partial charge in [-0.25, -0.2) is 4.39 Å². The van der Waals surface area contributed by atoms with Crippen molar-refractivity contribution in [2.45, 2.75) is 6.61 Å². The molecule has 1 aromatic heterocycles. The standard InChI is InChI=1S/C13H8BrClFN3O/c14-9-2-1-8(11(16)5-9)7-20-19-13-6-10(15)3-4-12(13)17-18-19/h1-6H,7H2. The maximum absolute atomic E-state index is 13.7. The fourth-order valence-electron chi connectivity index (χ4n) is 1.74. The Morgan fingerprint density at radius 1 is 1.25 bits per heavy atom. The highest BCUT2D eigenvalue weighted by molar-refractivity contribution is 9.10. The third-order valence-corrected chi connectivity index (χ3v) is 3.46. The Labute approximate surface area is 127 Å². The number of hydrogen-bond donors (Lipinski definition) is 0. The van der Waals surface area contributed by atoms with Crippen molar-refractivity contribution in [3.63, 3.8) is 0 Å². The van der Waals surface area contributed by atoms with Crippen LogP contribution in [0.25, 0.3) is 11.0 Å². The molecule has 0 amide bonds. The van der Waals surface area contributed by atoms with Gasteiger partial charge < -0.3 is 4.84 Å². The molecule has 0 saturated heterocycles. The van der Waals surface area contributed by atoms with E-state index in [1.165, 1.54) is 10.9 Å². The van der Waals surface area contributed by atoms with Gasteiger partial charge in [0.15, 0.2) is 0 Å². The van der Waals surface area contributed by atoms with Crippen molar-refractivity contribution >= 4 is 38.6 Å². The minimum absolute atomic E-state index is 0.0457. The molecule has 0 bridgehead atoms. The predicted molar refractivity (Wildman–Crippen MR) is 76.9 cm³/mol. The molecule has 0 fully saturated rings. The van der Waals surface area contributed by atoms with Crippen LogP contribution in [0.15, 0.2) is 40.9 Å². The summed E-state index contributed by atoms with van der Waals surface area (Å²) in [6.45, 7) is 0.0457. The Balaban J connectivity index is 1.85. The maximum Gasteiger partial charge on any atom is 0.145 e. The van der Waals surface area contributed by atoms with Crippen LogP contribution < -0.4 is 4.84 Å². The monoisotopic (exact) mass is 355 g/mol. The molecule has 4 nitrogen and oxygen atoms in total. The van der Waals surface area contributed by atoms with Gasteiger partial charge in [0.2, 0.25) is 0 Å². The van der Waals surface area contributed by atoms with Crippen LogP contribution >= 0.6 is 27.5 Å². The zero-order valence-electron chi connectivity index (χ0n) is 10.1. The molecular weight excluding hydrogens is 349 g/mol. The van der Waals surface area contributed by atoms with E-state index in [4.69, 9.17) is 16.4 Å². The largest absolute Gasteiger partial charge is 0.390 e. The van der Waals surface area contributed by atoms with E-state index in [1.54, 1.807) is 30.3 Å². The van der Waals surface area contributed by atoms with Crippen LogP contribution in [0.1, 0.15) is 5.56 Å². The summed E-state index contributed by atoms with van der Waals surface area (Å²) in [5.74, 6) is -0.346. The first-order valence-corrected chi connectivity index (χ1v) is 6.89. The van der Waals surface area contributed by atoms with Gasteiger partial charge in [0.25, 0.3) is 0 Å². The molecule has 0 radical (unpaired) electrons. The lowest BCUT2D eigenvalue weighted by Crippen LogP contribution is -2.13. The Hall–Kier alpha value is -1.66. The number of nitrogens with zero attached hydrogens (tertiary/aromatic N) is 3. The first-order chi connectivity index (χ1) is 9.63. The second kappa shape index (κ2) is 5.38. The minimum Gasteiger partial charge on any atom is -0.390 e. The Morgan fingerprint density at radius 3 is 2.90 bits per heavy atom. The summed E-state index contributed by atoms with van der Waals surface area (Å²) in [4.78, 5) is 6.69. The Kier molecular flexibility index (Phi) is 3.58. The van der Waals surface area contributed by atoms with Crippen molar-refractivity contribution < 1.29 is 9.23 Å². The molecule has 0 spiro atoms. The van der Waals surface area contributed by atoms with E-state index in [1.807, 2.05) is 0 Å². The molecule has 0 N–H and O–H groups in total. The highest BCUT2D eigenvalue weighted by Gasteiger charge is 2.08. The van der Waals surface area contributed by atoms with Gasteiger partial charge in [0, 0.05) is 15.1 Å². The van der Waals surface area contributed by atoms with Crippen molar-refractivity contribution in [3.8, 4) is 0 Å². The molecule has 20 heavy (non-hydrogen) atoms. The molecule has 0 aliphatic heterocycles. The number of hydrogen-bond acceptors (Lipinski definition) is 3. The van der Waals surface area contributed by atoms with Crippen LogP contribution in [-0.4, -0.2) is 15.2 Å². The second-order valence-electron chi connectivity index (χ2n) is 4.10. The average Bonchev–Trinajstić information content (AvgIpc) is 2.80. The number of aromatic nitrogens is 3. The molecule has 7 heteroatoms. The molecule has 0 aliphatic carbocycles. The second-order valence-corrected chi connectivity index (χ2v) is 5.46. The van der Waals surface area contributed by atoms with E-state index in [0.29, 0.717) is 26.1 Å². The van der Waals surface area contributed by atoms with Gasteiger partial charge in [-0.2, -0.15) is 0 Å². The number of rotatable bonds is 3. The van der Waals surface area contributed by atoms with Crippen molar-refractivity contribution in [3.05, 3.63) is 57.3 Å². The molecule has 1 heterocycles. The van der Waals surface area contributed by atoms with E-state index >= 15 is 0 Å². The zero-order chi connectivity index (χ0) is 14.1. The summed E-state index contributed by atoms with van der Waals surface area (Å²) in [6, 6.07) is 9.93. The Morgan fingerprint density at radius 2 is 2.10 bits per heavy atom. The number of halogens is 3. The van der Waals surface area contributed by atoms with Crippen LogP contribution in [0.4, 0.5) is 4.39 Å². The van der Waals surface area contributed by atoms with Gasteiger partial charge in [0.05, 0.1) is 0 Å². The summed E-state index contributed by atoms with van der Waals surface area (Å²) in [5.41, 5.74) is 1.72. The summed E-state index contributed by atoms with van der Waals surface area (Å²) in [6.07, 6.45) is 0. The third kappa shape index (κ3) is 2.62. The summed E-state index contributed by atoms with van der Waals surface area (Å²) >= 11 is 9.12. The Bertz CT molecular complexity index is 777. The number of fused-ring (bicyclic) bond motifs is 1. The predicted octanol–water partition coefficient (Wildman–Crippen LogP) is 3.62. The van der Waals surface area contributed by atoms with E-state index in [0.717, 1.165) is 0 Å². The fraction of sp³-hybridized carbons (Fsp3) is 0.0769. The fourth-order valence-corrected chi connectivity index (χ4v) is 2.24. The smallest absolute Gasteiger partial charge is 0.145 e. The molecule has 2 aromatic carbocycles. The first kappa shape index (κ1) is 13.3. The van der Waals surface area contributed by atoms with Crippen LogP contribution in [0.2, 0.25) is 5.02 Å². The highest BCUT2D eigenvalue weighted by atomic mass is 79.9. The van der Waals surface area contributed by atoms with Crippen molar-refractivity contribution in [2.75, 3.05) is 0 Å². The van der Waals surface area contributed by atoms with Crippen molar-refractivity contribution in [2.24, 2.45) is 0 Å². The third-order valence-electron chi connectivity index (χ3n) is 2.73. The van der Waals surface area contributed by atoms with Crippen LogP contribution in [0.3, 0.4) is 0 Å². The molecule has 3 rings (SSSR count). The molecule has 3 aromatic rings. The molecule has 0 unspecified atom stereocenters. The van der Waals surface area contributed by atoms with E-state index in [-0.39, 0.29) is 12.4 Å². The van der Waals surface area contributed by atoms with Gasteiger partial charge in [-0.3, -0.25) is 0 Å². The van der Waals surface area contributed by atoms with Gasteiger partial charge in [-0.1, -0.05) is 38.4 Å².